The Kier molecular flexibility index (Phi) is 11.3. The summed E-state index contributed by atoms with van der Waals surface area (Å²) in [7, 11) is 0. The molecule has 0 radical (unpaired) electrons. The molecule has 0 fully saturated rings. The van der Waals surface area contributed by atoms with Gasteiger partial charge < -0.3 is 0 Å². The number of rotatable bonds is 14. The van der Waals surface area contributed by atoms with Gasteiger partial charge in [-0.1, -0.05) is 76.5 Å². The Morgan fingerprint density at radius 3 is 1.70 bits per heavy atom. The monoisotopic (exact) mass is 396 g/mol. The lowest BCUT2D eigenvalue weighted by atomic mass is 10.1. The number of hydrogen-bond donors (Lipinski definition) is 0. The normalized spacial score (nSPS) is 10.7. The van der Waals surface area contributed by atoms with Crippen molar-refractivity contribution in [3.63, 3.8) is 0 Å². The number of nitro benzene ring substituents is 2. The van der Waals surface area contributed by atoms with E-state index in [0.29, 0.717) is 5.75 Å². The van der Waals surface area contributed by atoms with Crippen molar-refractivity contribution in [1.29, 1.82) is 0 Å². The molecule has 0 bridgehead atoms. The average molecular weight is 397 g/mol. The van der Waals surface area contributed by atoms with E-state index in [1.807, 2.05) is 0 Å². The SMILES string of the molecule is CCCCCCCCCCCCSC(=O)c1cc([N+](=O)[O-])cc([N+](=O)[O-])c1. The van der Waals surface area contributed by atoms with E-state index in [-0.39, 0.29) is 10.7 Å². The van der Waals surface area contributed by atoms with E-state index >= 15 is 0 Å². The molecular formula is C19H28N2O5S. The lowest BCUT2D eigenvalue weighted by molar-refractivity contribution is -0.394. The van der Waals surface area contributed by atoms with E-state index in [4.69, 9.17) is 0 Å². The molecule has 0 saturated heterocycles. The van der Waals surface area contributed by atoms with Gasteiger partial charge in [0.25, 0.3) is 11.4 Å². The van der Waals surface area contributed by atoms with E-state index in [1.165, 1.54) is 44.9 Å². The summed E-state index contributed by atoms with van der Waals surface area (Å²) < 4.78 is 0. The number of hydrogen-bond acceptors (Lipinski definition) is 6. The molecule has 7 nitrogen and oxygen atoms in total. The minimum absolute atomic E-state index is 0.00739. The van der Waals surface area contributed by atoms with Crippen molar-refractivity contribution >= 4 is 28.3 Å². The maximum absolute atomic E-state index is 12.2. The van der Waals surface area contributed by atoms with Crippen LogP contribution in [0.25, 0.3) is 0 Å². The van der Waals surface area contributed by atoms with Gasteiger partial charge in [-0.15, -0.1) is 0 Å². The molecule has 0 aromatic heterocycles. The Morgan fingerprint density at radius 1 is 0.815 bits per heavy atom. The largest absolute Gasteiger partial charge is 0.282 e. The Balaban J connectivity index is 2.29. The van der Waals surface area contributed by atoms with Gasteiger partial charge in [-0.25, -0.2) is 0 Å². The molecule has 0 spiro atoms. The second kappa shape index (κ2) is 13.2. The molecule has 0 heterocycles. The number of carbonyl (C=O) groups is 1. The molecule has 27 heavy (non-hydrogen) atoms. The zero-order valence-corrected chi connectivity index (χ0v) is 16.7. The van der Waals surface area contributed by atoms with Gasteiger partial charge in [-0.2, -0.15) is 0 Å². The van der Waals surface area contributed by atoms with Crippen LogP contribution < -0.4 is 0 Å². The first-order valence-corrected chi connectivity index (χ1v) is 10.5. The molecule has 1 aromatic rings. The number of unbranched alkanes of at least 4 members (excludes halogenated alkanes) is 9. The Bertz CT molecular complexity index is 604. The number of benzene rings is 1. The number of nitro groups is 2. The fourth-order valence-corrected chi connectivity index (χ4v) is 3.58. The summed E-state index contributed by atoms with van der Waals surface area (Å²) in [5.41, 5.74) is -0.868. The van der Waals surface area contributed by atoms with Crippen LogP contribution in [0.1, 0.15) is 81.5 Å². The molecule has 0 N–H and O–H groups in total. The van der Waals surface area contributed by atoms with Gasteiger partial charge in [0.05, 0.1) is 15.9 Å². The molecule has 1 aromatic carbocycles. The van der Waals surface area contributed by atoms with Crippen molar-refractivity contribution in [2.45, 2.75) is 71.1 Å². The lowest BCUT2D eigenvalue weighted by Crippen LogP contribution is -2.00. The van der Waals surface area contributed by atoms with Crippen LogP contribution in [0.4, 0.5) is 11.4 Å². The maximum atomic E-state index is 12.2. The van der Waals surface area contributed by atoms with Gasteiger partial charge in [0.15, 0.2) is 0 Å². The van der Waals surface area contributed by atoms with E-state index in [0.717, 1.165) is 49.2 Å². The smallest absolute Gasteiger partial charge is 0.277 e. The van der Waals surface area contributed by atoms with Gasteiger partial charge in [0.1, 0.15) is 0 Å². The minimum atomic E-state index is -0.725. The standard InChI is InChI=1S/C19H28N2O5S/c1-2-3-4-5-6-7-8-9-10-11-12-27-19(22)16-13-17(20(23)24)15-18(14-16)21(25)26/h13-15H,2-12H2,1H3. The van der Waals surface area contributed by atoms with Crippen LogP contribution in [-0.2, 0) is 0 Å². The molecule has 0 aliphatic rings. The molecule has 0 atom stereocenters. The molecule has 0 aliphatic heterocycles. The van der Waals surface area contributed by atoms with Crippen LogP contribution >= 0.6 is 11.8 Å². The summed E-state index contributed by atoms with van der Waals surface area (Å²) in [6.45, 7) is 2.21. The molecule has 0 unspecified atom stereocenters. The number of carbonyl (C=O) groups excluding carboxylic acids is 1. The third kappa shape index (κ3) is 9.51. The van der Waals surface area contributed by atoms with Crippen molar-refractivity contribution in [1.82, 2.24) is 0 Å². The fourth-order valence-electron chi connectivity index (χ4n) is 2.76. The molecule has 0 aliphatic carbocycles. The average Bonchev–Trinajstić information content (AvgIpc) is 2.65. The van der Waals surface area contributed by atoms with E-state index in [2.05, 4.69) is 6.92 Å². The molecule has 8 heteroatoms. The first-order chi connectivity index (χ1) is 13.0. The van der Waals surface area contributed by atoms with Crippen LogP contribution in [-0.4, -0.2) is 20.7 Å². The van der Waals surface area contributed by atoms with Gasteiger partial charge in [-0.3, -0.25) is 25.0 Å². The summed E-state index contributed by atoms with van der Waals surface area (Å²) in [6.07, 6.45) is 12.1. The van der Waals surface area contributed by atoms with Crippen molar-refractivity contribution in [3.05, 3.63) is 44.0 Å². The highest BCUT2D eigenvalue weighted by molar-refractivity contribution is 8.14. The second-order valence-electron chi connectivity index (χ2n) is 6.57. The zero-order chi connectivity index (χ0) is 20.1. The third-order valence-corrected chi connectivity index (χ3v) is 5.28. The molecule has 150 valence electrons. The maximum Gasteiger partial charge on any atom is 0.277 e. The van der Waals surface area contributed by atoms with Crippen LogP contribution in [0, 0.1) is 20.2 Å². The van der Waals surface area contributed by atoms with Crippen molar-refractivity contribution in [2.24, 2.45) is 0 Å². The summed E-state index contributed by atoms with van der Waals surface area (Å²) in [5, 5.41) is 21.4. The number of nitrogens with zero attached hydrogens (tertiary/aromatic N) is 2. The van der Waals surface area contributed by atoms with E-state index < -0.39 is 21.2 Å². The summed E-state index contributed by atoms with van der Waals surface area (Å²) in [4.78, 5) is 32.5. The summed E-state index contributed by atoms with van der Waals surface area (Å²) in [5.74, 6) is 0.617. The summed E-state index contributed by atoms with van der Waals surface area (Å²) in [6, 6.07) is 3.06. The third-order valence-electron chi connectivity index (χ3n) is 4.29. The Labute approximate surface area is 164 Å². The Hall–Kier alpha value is -1.96. The zero-order valence-electron chi connectivity index (χ0n) is 15.9. The molecular weight excluding hydrogens is 368 g/mol. The van der Waals surface area contributed by atoms with Crippen molar-refractivity contribution in [2.75, 3.05) is 5.75 Å². The van der Waals surface area contributed by atoms with Crippen LogP contribution in [0.2, 0.25) is 0 Å². The fraction of sp³-hybridized carbons (Fsp3) is 0.632. The van der Waals surface area contributed by atoms with Crippen LogP contribution in [0.15, 0.2) is 18.2 Å². The van der Waals surface area contributed by atoms with Crippen LogP contribution in [0.5, 0.6) is 0 Å². The topological polar surface area (TPSA) is 103 Å². The minimum Gasteiger partial charge on any atom is -0.282 e. The van der Waals surface area contributed by atoms with Gasteiger partial charge in [-0.05, 0) is 6.42 Å². The second-order valence-corrected chi connectivity index (χ2v) is 7.64. The highest BCUT2D eigenvalue weighted by Gasteiger charge is 2.19. The first kappa shape index (κ1) is 23.1. The van der Waals surface area contributed by atoms with Crippen molar-refractivity contribution < 1.29 is 14.6 Å². The quantitative estimate of drug-likeness (QED) is 0.208. The highest BCUT2D eigenvalue weighted by Crippen LogP contribution is 2.25. The predicted octanol–water partition coefficient (Wildman–Crippen LogP) is 6.30. The van der Waals surface area contributed by atoms with E-state index in [1.54, 1.807) is 0 Å². The number of non-ortho nitro benzene ring substituents is 2. The molecule has 1 rings (SSSR count). The summed E-state index contributed by atoms with van der Waals surface area (Å²) >= 11 is 1.06. The molecule has 0 amide bonds. The Morgan fingerprint density at radius 2 is 1.26 bits per heavy atom. The number of thioether (sulfide) groups is 1. The highest BCUT2D eigenvalue weighted by atomic mass is 32.2. The van der Waals surface area contributed by atoms with E-state index in [9.17, 15) is 25.0 Å². The van der Waals surface area contributed by atoms with Crippen molar-refractivity contribution in [3.8, 4) is 0 Å². The molecule has 0 saturated carbocycles. The lowest BCUT2D eigenvalue weighted by Gasteiger charge is -2.03. The van der Waals surface area contributed by atoms with Gasteiger partial charge in [0, 0.05) is 23.4 Å². The van der Waals surface area contributed by atoms with Crippen LogP contribution in [0.3, 0.4) is 0 Å². The first-order valence-electron chi connectivity index (χ1n) is 9.56. The van der Waals surface area contributed by atoms with Gasteiger partial charge in [0.2, 0.25) is 5.12 Å². The predicted molar refractivity (Wildman–Crippen MR) is 108 cm³/mol. The van der Waals surface area contributed by atoms with Gasteiger partial charge >= 0.3 is 0 Å².